The first-order valence-corrected chi connectivity index (χ1v) is 14.1. The lowest BCUT2D eigenvalue weighted by atomic mass is 10.2. The van der Waals surface area contributed by atoms with Gasteiger partial charge in [0.2, 0.25) is 0 Å². The Labute approximate surface area is 248 Å². The normalized spacial score (nSPS) is 11.0. The number of carbonyl (C=O) groups is 1. The Hall–Kier alpha value is -5.35. The third-order valence-corrected chi connectivity index (χ3v) is 7.72. The summed E-state index contributed by atoms with van der Waals surface area (Å²) in [5.41, 5.74) is 1.28. The van der Waals surface area contributed by atoms with Crippen molar-refractivity contribution in [3.05, 3.63) is 131 Å². The van der Waals surface area contributed by atoms with Crippen LogP contribution in [0.5, 0.6) is 17.2 Å². The minimum absolute atomic E-state index is 0.0476. The number of ether oxygens (including phenoxy) is 2. The van der Waals surface area contributed by atoms with Crippen LogP contribution in [0.2, 0.25) is 0 Å². The van der Waals surface area contributed by atoms with Gasteiger partial charge in [0.25, 0.3) is 11.5 Å². The number of benzene rings is 3. The molecule has 0 radical (unpaired) electrons. The van der Waals surface area contributed by atoms with Gasteiger partial charge in [-0.05, 0) is 61.0 Å². The summed E-state index contributed by atoms with van der Waals surface area (Å²) >= 11 is 1.49. The summed E-state index contributed by atoms with van der Waals surface area (Å²) in [5.74, 6) is -1.51. The maximum absolute atomic E-state index is 15.2. The lowest BCUT2D eigenvalue weighted by molar-refractivity contribution is 0.102. The average molecular weight is 596 g/mol. The summed E-state index contributed by atoms with van der Waals surface area (Å²) in [6, 6.07) is 24.2. The minimum atomic E-state index is -0.791. The highest BCUT2D eigenvalue weighted by atomic mass is 32.1. The largest absolute Gasteiger partial charge is 0.493 e. The number of aromatic nitrogens is 2. The first-order valence-electron chi connectivity index (χ1n) is 13.3. The molecular weight excluding hydrogens is 572 g/mol. The molecule has 1 amide bonds. The number of anilines is 1. The highest BCUT2D eigenvalue weighted by Gasteiger charge is 2.21. The van der Waals surface area contributed by atoms with Crippen LogP contribution in [0.4, 0.5) is 14.5 Å². The molecule has 0 unspecified atom stereocenters. The molecule has 7 nitrogen and oxygen atoms in total. The molecule has 0 bridgehead atoms. The lowest BCUT2D eigenvalue weighted by Gasteiger charge is -2.14. The van der Waals surface area contributed by atoms with E-state index < -0.39 is 23.1 Å². The zero-order chi connectivity index (χ0) is 29.9. The molecule has 0 atom stereocenters. The molecule has 3 aromatic carbocycles. The number of hydrogen-bond acceptors (Lipinski definition) is 6. The minimum Gasteiger partial charge on any atom is -0.493 e. The van der Waals surface area contributed by atoms with Gasteiger partial charge in [-0.15, -0.1) is 11.3 Å². The Kier molecular flexibility index (Phi) is 7.67. The number of thiophene rings is 1. The van der Waals surface area contributed by atoms with Crippen LogP contribution in [0.15, 0.2) is 108 Å². The monoisotopic (exact) mass is 595 g/mol. The average Bonchev–Trinajstić information content (AvgIpc) is 3.45. The Morgan fingerprint density at radius 3 is 2.47 bits per heavy atom. The number of halogens is 2. The third kappa shape index (κ3) is 5.73. The van der Waals surface area contributed by atoms with Crippen molar-refractivity contribution in [2.45, 2.75) is 6.92 Å². The van der Waals surface area contributed by atoms with Gasteiger partial charge in [0.1, 0.15) is 22.9 Å². The topological polar surface area (TPSA) is 82.5 Å². The van der Waals surface area contributed by atoms with Gasteiger partial charge in [0.15, 0.2) is 11.6 Å². The second kappa shape index (κ2) is 11.9. The van der Waals surface area contributed by atoms with Gasteiger partial charge in [0, 0.05) is 40.8 Å². The Morgan fingerprint density at radius 2 is 1.72 bits per heavy atom. The summed E-state index contributed by atoms with van der Waals surface area (Å²) in [6.07, 6.45) is 3.04. The maximum atomic E-state index is 15.2. The van der Waals surface area contributed by atoms with Crippen molar-refractivity contribution in [1.29, 1.82) is 0 Å². The number of carbonyl (C=O) groups excluding carboxylic acids is 1. The van der Waals surface area contributed by atoms with Crippen LogP contribution in [-0.4, -0.2) is 22.1 Å². The summed E-state index contributed by atoms with van der Waals surface area (Å²) < 4.78 is 42.1. The molecule has 3 heterocycles. The van der Waals surface area contributed by atoms with Crippen molar-refractivity contribution in [3.63, 3.8) is 0 Å². The van der Waals surface area contributed by atoms with Crippen molar-refractivity contribution in [2.24, 2.45) is 0 Å². The standard InChI is InChI=1S/C33H23F2N3O4S/c1-2-41-27-15-17-38(23-11-8-21(34)9-12-23)33(40)30(27)32(39)37-22-10-13-26(24(35)18-22)42-28-14-16-36-25-19-29(43-31(25)28)20-6-4-3-5-7-20/h3-19H,2H2,1H3,(H,37,39). The van der Waals surface area contributed by atoms with Crippen LogP contribution in [0, 0.1) is 11.6 Å². The maximum Gasteiger partial charge on any atom is 0.271 e. The number of rotatable bonds is 8. The van der Waals surface area contributed by atoms with Crippen LogP contribution < -0.4 is 20.3 Å². The summed E-state index contributed by atoms with van der Waals surface area (Å²) in [4.78, 5) is 32.1. The van der Waals surface area contributed by atoms with Gasteiger partial charge >= 0.3 is 0 Å². The van der Waals surface area contributed by atoms with Crippen molar-refractivity contribution < 1.29 is 23.0 Å². The zero-order valence-corrected chi connectivity index (χ0v) is 23.5. The Balaban J connectivity index is 1.26. The fourth-order valence-corrected chi connectivity index (χ4v) is 5.59. The fourth-order valence-electron chi connectivity index (χ4n) is 4.52. The van der Waals surface area contributed by atoms with Crippen LogP contribution in [0.3, 0.4) is 0 Å². The quantitative estimate of drug-likeness (QED) is 0.194. The van der Waals surface area contributed by atoms with Gasteiger partial charge in [-0.25, -0.2) is 8.78 Å². The van der Waals surface area contributed by atoms with E-state index in [0.717, 1.165) is 26.7 Å². The number of amides is 1. The highest BCUT2D eigenvalue weighted by Crippen LogP contribution is 2.39. The zero-order valence-electron chi connectivity index (χ0n) is 22.7. The SMILES string of the molecule is CCOc1ccn(-c2ccc(F)cc2)c(=O)c1C(=O)Nc1ccc(Oc2ccnc3cc(-c4ccccc4)sc23)c(F)c1. The number of hydrogen-bond donors (Lipinski definition) is 1. The molecule has 6 aromatic rings. The molecule has 3 aromatic heterocycles. The molecule has 0 aliphatic carbocycles. The van der Waals surface area contributed by atoms with Crippen molar-refractivity contribution in [1.82, 2.24) is 9.55 Å². The van der Waals surface area contributed by atoms with Gasteiger partial charge in [-0.1, -0.05) is 30.3 Å². The van der Waals surface area contributed by atoms with E-state index >= 15 is 4.39 Å². The first kappa shape index (κ1) is 27.8. The number of nitrogens with zero attached hydrogens (tertiary/aromatic N) is 2. The second-order valence-electron chi connectivity index (χ2n) is 9.34. The van der Waals surface area contributed by atoms with Crippen LogP contribution >= 0.6 is 11.3 Å². The Morgan fingerprint density at radius 1 is 0.930 bits per heavy atom. The molecule has 214 valence electrons. The van der Waals surface area contributed by atoms with E-state index in [9.17, 15) is 14.0 Å². The predicted octanol–water partition coefficient (Wildman–Crippen LogP) is 7.84. The van der Waals surface area contributed by atoms with Crippen molar-refractivity contribution in [2.75, 3.05) is 11.9 Å². The lowest BCUT2D eigenvalue weighted by Crippen LogP contribution is -2.29. The molecule has 0 saturated carbocycles. The first-order chi connectivity index (χ1) is 20.9. The molecule has 0 aliphatic heterocycles. The summed E-state index contributed by atoms with van der Waals surface area (Å²) in [5, 5.41) is 2.57. The van der Waals surface area contributed by atoms with Crippen molar-refractivity contribution >= 4 is 33.1 Å². The number of nitrogens with one attached hydrogen (secondary N) is 1. The van der Waals surface area contributed by atoms with Gasteiger partial charge in [0.05, 0.1) is 16.8 Å². The molecule has 0 aliphatic rings. The highest BCUT2D eigenvalue weighted by molar-refractivity contribution is 7.22. The summed E-state index contributed by atoms with van der Waals surface area (Å²) in [7, 11) is 0. The molecule has 0 spiro atoms. The Bertz CT molecular complexity index is 2010. The van der Waals surface area contributed by atoms with E-state index in [-0.39, 0.29) is 29.4 Å². The van der Waals surface area contributed by atoms with Gasteiger partial charge in [-0.2, -0.15) is 0 Å². The van der Waals surface area contributed by atoms with E-state index in [1.54, 1.807) is 19.2 Å². The fraction of sp³-hybridized carbons (Fsp3) is 0.0606. The number of pyridine rings is 2. The van der Waals surface area contributed by atoms with Crippen LogP contribution in [0.25, 0.3) is 26.3 Å². The van der Waals surface area contributed by atoms with E-state index in [0.29, 0.717) is 11.4 Å². The number of fused-ring (bicyclic) bond motifs is 1. The predicted molar refractivity (Wildman–Crippen MR) is 163 cm³/mol. The van der Waals surface area contributed by atoms with Crippen LogP contribution in [0.1, 0.15) is 17.3 Å². The van der Waals surface area contributed by atoms with E-state index in [1.807, 2.05) is 36.4 Å². The smallest absolute Gasteiger partial charge is 0.271 e. The van der Waals surface area contributed by atoms with E-state index in [1.165, 1.54) is 64.6 Å². The molecule has 10 heteroatoms. The molecule has 0 fully saturated rings. The molecule has 1 N–H and O–H groups in total. The molecule has 0 saturated heterocycles. The van der Waals surface area contributed by atoms with E-state index in [2.05, 4.69) is 10.3 Å². The van der Waals surface area contributed by atoms with Crippen LogP contribution in [-0.2, 0) is 0 Å². The molecule has 43 heavy (non-hydrogen) atoms. The van der Waals surface area contributed by atoms with Gasteiger partial charge in [-0.3, -0.25) is 19.1 Å². The third-order valence-electron chi connectivity index (χ3n) is 6.53. The van der Waals surface area contributed by atoms with E-state index in [4.69, 9.17) is 9.47 Å². The molecular formula is C33H23F2N3O4S. The van der Waals surface area contributed by atoms with Crippen molar-refractivity contribution in [3.8, 4) is 33.4 Å². The summed E-state index contributed by atoms with van der Waals surface area (Å²) in [6.45, 7) is 1.93. The van der Waals surface area contributed by atoms with Gasteiger partial charge < -0.3 is 14.8 Å². The molecule has 6 rings (SSSR count). The second-order valence-corrected chi connectivity index (χ2v) is 10.4.